The second-order valence-electron chi connectivity index (χ2n) is 8.17. The first kappa shape index (κ1) is 18.2. The molecule has 2 aliphatic heterocycles. The predicted octanol–water partition coefficient (Wildman–Crippen LogP) is 1.51. The van der Waals surface area contributed by atoms with Crippen molar-refractivity contribution in [3.8, 4) is 0 Å². The van der Waals surface area contributed by atoms with Crippen LogP contribution < -0.4 is 15.1 Å². The maximum atomic E-state index is 13.2. The highest BCUT2D eigenvalue weighted by Gasteiger charge is 2.50. The van der Waals surface area contributed by atoms with Crippen LogP contribution in [0, 0.1) is 5.92 Å². The summed E-state index contributed by atoms with van der Waals surface area (Å²) in [7, 11) is 0. The molecule has 6 nitrogen and oxygen atoms in total. The number of hydrogen-bond acceptors (Lipinski definition) is 3. The Labute approximate surface area is 159 Å². The monoisotopic (exact) mass is 370 g/mol. The fourth-order valence-corrected chi connectivity index (χ4v) is 5.32. The van der Waals surface area contributed by atoms with Crippen molar-refractivity contribution in [1.82, 2.24) is 0 Å². The fourth-order valence-electron chi connectivity index (χ4n) is 5.32. The Hall–Kier alpha value is -2.21. The fraction of sp³-hybridized carbons (Fsp3) is 0.571. The van der Waals surface area contributed by atoms with Gasteiger partial charge in [-0.25, -0.2) is 4.90 Å². The van der Waals surface area contributed by atoms with E-state index in [1.807, 2.05) is 0 Å². The number of fused-ring (bicyclic) bond motifs is 1. The normalized spacial score (nSPS) is 30.9. The van der Waals surface area contributed by atoms with Crippen molar-refractivity contribution in [2.75, 3.05) is 16.8 Å². The average molecular weight is 370 g/mol. The highest BCUT2D eigenvalue weighted by atomic mass is 16.2. The van der Waals surface area contributed by atoms with Crippen molar-refractivity contribution in [2.24, 2.45) is 5.92 Å². The number of carbonyl (C=O) groups excluding carboxylic acids is 3. The van der Waals surface area contributed by atoms with Gasteiger partial charge in [0, 0.05) is 18.5 Å². The zero-order valence-electron chi connectivity index (χ0n) is 15.9. The van der Waals surface area contributed by atoms with Crippen LogP contribution in [0.5, 0.6) is 0 Å². The van der Waals surface area contributed by atoms with Crippen LogP contribution >= 0.6 is 0 Å². The van der Waals surface area contributed by atoms with E-state index >= 15 is 0 Å². The number of nitrogens with one attached hydrogen (secondary N) is 2. The van der Waals surface area contributed by atoms with Gasteiger partial charge in [-0.15, -0.1) is 0 Å². The van der Waals surface area contributed by atoms with Crippen LogP contribution in [0.2, 0.25) is 0 Å². The Morgan fingerprint density at radius 3 is 2.52 bits per heavy atom. The molecule has 3 fully saturated rings. The van der Waals surface area contributed by atoms with Crippen molar-refractivity contribution in [3.05, 3.63) is 24.3 Å². The Balaban J connectivity index is 1.52. The smallest absolute Gasteiger partial charge is 0.292 e. The Bertz CT molecular complexity index is 744. The van der Waals surface area contributed by atoms with Crippen LogP contribution in [0.1, 0.15) is 51.9 Å². The molecule has 2 N–H and O–H groups in total. The largest absolute Gasteiger partial charge is 0.326 e. The second-order valence-corrected chi connectivity index (χ2v) is 8.17. The van der Waals surface area contributed by atoms with Gasteiger partial charge in [0.25, 0.3) is 5.91 Å². The number of amides is 3. The Kier molecular flexibility index (Phi) is 5.00. The molecular weight excluding hydrogens is 342 g/mol. The molecule has 0 bridgehead atoms. The maximum Gasteiger partial charge on any atom is 0.292 e. The average Bonchev–Trinajstić information content (AvgIpc) is 2.96. The minimum Gasteiger partial charge on any atom is -0.326 e. The third-order valence-corrected chi connectivity index (χ3v) is 6.47. The van der Waals surface area contributed by atoms with Gasteiger partial charge < -0.3 is 10.2 Å². The molecule has 1 saturated carbocycles. The van der Waals surface area contributed by atoms with E-state index in [0.717, 1.165) is 18.9 Å². The van der Waals surface area contributed by atoms with Gasteiger partial charge in [0.05, 0.1) is 24.7 Å². The first-order valence-corrected chi connectivity index (χ1v) is 10.1. The first-order chi connectivity index (χ1) is 13.0. The number of hydrogen-bond donors (Lipinski definition) is 2. The quantitative estimate of drug-likeness (QED) is 0.793. The molecule has 1 aromatic rings. The zero-order valence-corrected chi connectivity index (χ0v) is 15.9. The van der Waals surface area contributed by atoms with E-state index < -0.39 is 0 Å². The zero-order chi connectivity index (χ0) is 19.0. The van der Waals surface area contributed by atoms with Gasteiger partial charge in [-0.1, -0.05) is 6.42 Å². The Morgan fingerprint density at radius 2 is 1.78 bits per heavy atom. The van der Waals surface area contributed by atoms with Crippen molar-refractivity contribution in [2.45, 2.75) is 64.0 Å². The SMILES string of the molecule is CC(=O)Nc1ccc(N2C(=O)C[C@@H]([NH+]3CCC[C@H]4CCCC[C@@H]43)C2=O)cc1. The van der Waals surface area contributed by atoms with Gasteiger partial charge in [0.2, 0.25) is 11.8 Å². The third-order valence-electron chi connectivity index (χ3n) is 6.47. The van der Waals surface area contributed by atoms with E-state index in [1.54, 1.807) is 24.3 Å². The van der Waals surface area contributed by atoms with Crippen LogP contribution in [-0.4, -0.2) is 36.3 Å². The van der Waals surface area contributed by atoms with Crippen molar-refractivity contribution in [3.63, 3.8) is 0 Å². The van der Waals surface area contributed by atoms with Gasteiger partial charge in [0.15, 0.2) is 6.04 Å². The third kappa shape index (κ3) is 3.50. The Morgan fingerprint density at radius 1 is 1.07 bits per heavy atom. The molecule has 2 heterocycles. The summed E-state index contributed by atoms with van der Waals surface area (Å²) in [6.07, 6.45) is 7.75. The number of benzene rings is 1. The molecule has 6 heteroatoms. The van der Waals surface area contributed by atoms with Gasteiger partial charge in [-0.3, -0.25) is 14.4 Å². The van der Waals surface area contributed by atoms with Crippen LogP contribution in [0.3, 0.4) is 0 Å². The van der Waals surface area contributed by atoms with Crippen LogP contribution in [0.15, 0.2) is 24.3 Å². The molecule has 0 aromatic heterocycles. The molecule has 4 rings (SSSR count). The summed E-state index contributed by atoms with van der Waals surface area (Å²) in [5.41, 5.74) is 1.26. The van der Waals surface area contributed by atoms with Crippen molar-refractivity contribution >= 4 is 29.1 Å². The molecule has 3 amide bonds. The van der Waals surface area contributed by atoms with Gasteiger partial charge in [-0.2, -0.15) is 0 Å². The number of likely N-dealkylation sites (tertiary alicyclic amines) is 1. The standard InChI is InChI=1S/C21H27N3O3/c1-14(25)22-16-8-10-17(11-9-16)24-20(26)13-19(21(24)27)23-12-4-6-15-5-2-3-7-18(15)23/h8-11,15,18-19H,2-7,12-13H2,1H3,(H,22,25)/p+1/t15-,18+,19-/m1/s1. The summed E-state index contributed by atoms with van der Waals surface area (Å²) >= 11 is 0. The molecule has 1 aromatic carbocycles. The molecule has 3 aliphatic rings. The number of rotatable bonds is 3. The second kappa shape index (κ2) is 7.43. The first-order valence-electron chi connectivity index (χ1n) is 10.1. The molecule has 27 heavy (non-hydrogen) atoms. The summed E-state index contributed by atoms with van der Waals surface area (Å²) in [5, 5.41) is 2.71. The molecule has 0 radical (unpaired) electrons. The lowest BCUT2D eigenvalue weighted by Gasteiger charge is -2.43. The van der Waals surface area contributed by atoms with Crippen molar-refractivity contribution < 1.29 is 19.3 Å². The van der Waals surface area contributed by atoms with E-state index in [0.29, 0.717) is 23.8 Å². The highest BCUT2D eigenvalue weighted by molar-refractivity contribution is 6.21. The number of imide groups is 1. The number of piperidine rings is 1. The molecule has 144 valence electrons. The summed E-state index contributed by atoms with van der Waals surface area (Å²) < 4.78 is 0. The van der Waals surface area contributed by atoms with Crippen LogP contribution in [0.4, 0.5) is 11.4 Å². The van der Waals surface area contributed by atoms with E-state index in [9.17, 15) is 14.4 Å². The number of carbonyl (C=O) groups is 3. The van der Waals surface area contributed by atoms with Gasteiger partial charge >= 0.3 is 0 Å². The van der Waals surface area contributed by atoms with Crippen LogP contribution in [0.25, 0.3) is 0 Å². The number of quaternary nitrogens is 1. The van der Waals surface area contributed by atoms with E-state index in [-0.39, 0.29) is 23.8 Å². The maximum absolute atomic E-state index is 13.2. The lowest BCUT2D eigenvalue weighted by Crippen LogP contribution is -3.21. The van der Waals surface area contributed by atoms with E-state index in [1.165, 1.54) is 48.8 Å². The lowest BCUT2D eigenvalue weighted by molar-refractivity contribution is -0.950. The summed E-state index contributed by atoms with van der Waals surface area (Å²) in [6.45, 7) is 2.45. The van der Waals surface area contributed by atoms with Crippen molar-refractivity contribution in [1.29, 1.82) is 0 Å². The molecule has 1 unspecified atom stereocenters. The topological polar surface area (TPSA) is 70.9 Å². The molecule has 0 spiro atoms. The van der Waals surface area contributed by atoms with E-state index in [4.69, 9.17) is 0 Å². The predicted molar refractivity (Wildman–Crippen MR) is 102 cm³/mol. The number of anilines is 2. The lowest BCUT2D eigenvalue weighted by atomic mass is 9.77. The van der Waals surface area contributed by atoms with Crippen LogP contribution in [-0.2, 0) is 14.4 Å². The highest BCUT2D eigenvalue weighted by Crippen LogP contribution is 2.30. The molecule has 2 saturated heterocycles. The molecule has 4 atom stereocenters. The minimum atomic E-state index is -0.238. The van der Waals surface area contributed by atoms with E-state index in [2.05, 4.69) is 5.32 Å². The summed E-state index contributed by atoms with van der Waals surface area (Å²) in [5.74, 6) is 0.402. The summed E-state index contributed by atoms with van der Waals surface area (Å²) in [6, 6.07) is 7.23. The molecule has 1 aliphatic carbocycles. The van der Waals surface area contributed by atoms with Gasteiger partial charge in [-0.05, 0) is 56.4 Å². The number of nitrogens with zero attached hydrogens (tertiary/aromatic N) is 1. The summed E-state index contributed by atoms with van der Waals surface area (Å²) in [4.78, 5) is 39.7. The molecular formula is C21H28N3O3+. The van der Waals surface area contributed by atoms with Gasteiger partial charge in [0.1, 0.15) is 0 Å². The minimum absolute atomic E-state index is 0.0616.